The summed E-state index contributed by atoms with van der Waals surface area (Å²) in [6, 6.07) is 10.4. The SMILES string of the molecule is Fc1cc(F)cc(CCNC2CCc3cc(Br)ccc32)c1. The van der Waals surface area contributed by atoms with E-state index in [0.717, 1.165) is 23.4 Å². The van der Waals surface area contributed by atoms with Crippen molar-refractivity contribution in [3.05, 3.63) is 69.2 Å². The molecule has 0 bridgehead atoms. The van der Waals surface area contributed by atoms with Gasteiger partial charge in [0.25, 0.3) is 0 Å². The third-order valence-electron chi connectivity index (χ3n) is 3.91. The molecule has 0 radical (unpaired) electrons. The fourth-order valence-corrected chi connectivity index (χ4v) is 3.35. The van der Waals surface area contributed by atoms with Crippen LogP contribution in [0.1, 0.15) is 29.2 Å². The summed E-state index contributed by atoms with van der Waals surface area (Å²) in [6.45, 7) is 0.711. The van der Waals surface area contributed by atoms with Crippen molar-refractivity contribution >= 4 is 15.9 Å². The zero-order valence-corrected chi connectivity index (χ0v) is 13.1. The standard InChI is InChI=1S/C17H16BrF2N/c18-13-2-3-16-12(9-13)1-4-17(16)21-6-5-11-7-14(19)10-15(20)8-11/h2-3,7-10,17,21H,1,4-6H2. The van der Waals surface area contributed by atoms with E-state index in [-0.39, 0.29) is 0 Å². The van der Waals surface area contributed by atoms with Gasteiger partial charge in [0.1, 0.15) is 11.6 Å². The molecule has 1 unspecified atom stereocenters. The van der Waals surface area contributed by atoms with E-state index < -0.39 is 11.6 Å². The van der Waals surface area contributed by atoms with E-state index in [1.54, 1.807) is 0 Å². The summed E-state index contributed by atoms with van der Waals surface area (Å²) in [4.78, 5) is 0. The fourth-order valence-electron chi connectivity index (χ4n) is 2.94. The first kappa shape index (κ1) is 14.7. The summed E-state index contributed by atoms with van der Waals surface area (Å²) in [5.41, 5.74) is 3.40. The molecular formula is C17H16BrF2N. The van der Waals surface area contributed by atoms with Crippen LogP contribution in [0.5, 0.6) is 0 Å². The molecule has 0 spiro atoms. The van der Waals surface area contributed by atoms with Gasteiger partial charge in [-0.25, -0.2) is 8.78 Å². The molecule has 0 saturated heterocycles. The molecule has 0 aromatic heterocycles. The van der Waals surface area contributed by atoms with E-state index in [1.165, 1.54) is 23.3 Å². The van der Waals surface area contributed by atoms with Gasteiger partial charge in [0.2, 0.25) is 0 Å². The minimum Gasteiger partial charge on any atom is -0.310 e. The lowest BCUT2D eigenvalue weighted by molar-refractivity contribution is 0.530. The van der Waals surface area contributed by atoms with Crippen molar-refractivity contribution in [3.63, 3.8) is 0 Å². The van der Waals surface area contributed by atoms with Crippen LogP contribution in [0.15, 0.2) is 40.9 Å². The molecule has 2 aromatic carbocycles. The number of hydrogen-bond acceptors (Lipinski definition) is 1. The van der Waals surface area contributed by atoms with Crippen LogP contribution in [0.2, 0.25) is 0 Å². The van der Waals surface area contributed by atoms with Crippen molar-refractivity contribution < 1.29 is 8.78 Å². The van der Waals surface area contributed by atoms with Crippen molar-refractivity contribution in [3.8, 4) is 0 Å². The summed E-state index contributed by atoms with van der Waals surface area (Å²) in [6.07, 6.45) is 2.77. The van der Waals surface area contributed by atoms with E-state index in [2.05, 4.69) is 39.4 Å². The molecule has 0 amide bonds. The maximum Gasteiger partial charge on any atom is 0.126 e. The molecule has 4 heteroatoms. The van der Waals surface area contributed by atoms with Gasteiger partial charge in [0, 0.05) is 16.6 Å². The quantitative estimate of drug-likeness (QED) is 0.852. The first-order valence-corrected chi connectivity index (χ1v) is 7.88. The Balaban J connectivity index is 1.60. The maximum absolute atomic E-state index is 13.1. The zero-order valence-electron chi connectivity index (χ0n) is 11.5. The van der Waals surface area contributed by atoms with Gasteiger partial charge in [0.05, 0.1) is 0 Å². The van der Waals surface area contributed by atoms with Crippen molar-refractivity contribution in [1.82, 2.24) is 5.32 Å². The van der Waals surface area contributed by atoms with Crippen LogP contribution < -0.4 is 5.32 Å². The fraction of sp³-hybridized carbons (Fsp3) is 0.294. The molecule has 0 heterocycles. The van der Waals surface area contributed by atoms with Crippen LogP contribution in [0.4, 0.5) is 8.78 Å². The summed E-state index contributed by atoms with van der Waals surface area (Å²) < 4.78 is 27.4. The largest absolute Gasteiger partial charge is 0.310 e. The number of hydrogen-bond donors (Lipinski definition) is 1. The van der Waals surface area contributed by atoms with Gasteiger partial charge in [-0.05, 0) is 66.8 Å². The lowest BCUT2D eigenvalue weighted by atomic mass is 10.1. The third kappa shape index (κ3) is 3.50. The number of aryl methyl sites for hydroxylation is 1. The normalized spacial score (nSPS) is 17.0. The molecule has 0 saturated carbocycles. The molecular weight excluding hydrogens is 336 g/mol. The Bertz CT molecular complexity index is 637. The van der Waals surface area contributed by atoms with Gasteiger partial charge in [-0.3, -0.25) is 0 Å². The average molecular weight is 352 g/mol. The summed E-state index contributed by atoms with van der Waals surface area (Å²) in [7, 11) is 0. The minimum absolute atomic E-state index is 0.339. The first-order valence-electron chi connectivity index (χ1n) is 7.08. The second kappa shape index (κ2) is 6.24. The van der Waals surface area contributed by atoms with Crippen LogP contribution in [0.3, 0.4) is 0 Å². The Kier molecular flexibility index (Phi) is 4.36. The van der Waals surface area contributed by atoms with Crippen LogP contribution in [0, 0.1) is 11.6 Å². The number of halogens is 3. The Labute approximate surface area is 131 Å². The van der Waals surface area contributed by atoms with Crippen LogP contribution in [-0.2, 0) is 12.8 Å². The van der Waals surface area contributed by atoms with Gasteiger partial charge in [-0.15, -0.1) is 0 Å². The van der Waals surface area contributed by atoms with E-state index in [0.29, 0.717) is 24.6 Å². The molecule has 0 aliphatic heterocycles. The molecule has 3 rings (SSSR count). The molecule has 1 atom stereocenters. The number of fused-ring (bicyclic) bond motifs is 1. The third-order valence-corrected chi connectivity index (χ3v) is 4.40. The zero-order chi connectivity index (χ0) is 14.8. The molecule has 0 fully saturated rings. The predicted octanol–water partition coefficient (Wildman–Crippen LogP) is 4.55. The predicted molar refractivity (Wildman–Crippen MR) is 83.3 cm³/mol. The van der Waals surface area contributed by atoms with Crippen molar-refractivity contribution in [2.75, 3.05) is 6.54 Å². The smallest absolute Gasteiger partial charge is 0.126 e. The second-order valence-electron chi connectivity index (χ2n) is 5.42. The number of benzene rings is 2. The first-order chi connectivity index (χ1) is 10.1. The molecule has 1 aliphatic carbocycles. The molecule has 1 N–H and O–H groups in total. The molecule has 110 valence electrons. The minimum atomic E-state index is -0.513. The van der Waals surface area contributed by atoms with E-state index >= 15 is 0 Å². The summed E-state index contributed by atoms with van der Waals surface area (Å²) >= 11 is 3.49. The average Bonchev–Trinajstić information content (AvgIpc) is 2.80. The van der Waals surface area contributed by atoms with Gasteiger partial charge < -0.3 is 5.32 Å². The Morgan fingerprint density at radius 2 is 1.86 bits per heavy atom. The highest BCUT2D eigenvalue weighted by Crippen LogP contribution is 2.32. The monoisotopic (exact) mass is 351 g/mol. The van der Waals surface area contributed by atoms with Crippen LogP contribution in [-0.4, -0.2) is 6.54 Å². The van der Waals surface area contributed by atoms with Gasteiger partial charge >= 0.3 is 0 Å². The highest BCUT2D eigenvalue weighted by atomic mass is 79.9. The number of rotatable bonds is 4. The van der Waals surface area contributed by atoms with E-state index in [4.69, 9.17) is 0 Å². The van der Waals surface area contributed by atoms with Crippen molar-refractivity contribution in [2.24, 2.45) is 0 Å². The molecule has 2 aromatic rings. The molecule has 1 aliphatic rings. The Morgan fingerprint density at radius 3 is 2.62 bits per heavy atom. The van der Waals surface area contributed by atoms with Crippen LogP contribution >= 0.6 is 15.9 Å². The maximum atomic E-state index is 13.1. The Morgan fingerprint density at radius 1 is 1.10 bits per heavy atom. The summed E-state index contributed by atoms with van der Waals surface area (Å²) in [5, 5.41) is 3.48. The molecule has 1 nitrogen and oxygen atoms in total. The topological polar surface area (TPSA) is 12.0 Å². The van der Waals surface area contributed by atoms with Gasteiger partial charge in [-0.2, -0.15) is 0 Å². The highest BCUT2D eigenvalue weighted by Gasteiger charge is 2.21. The Hall–Kier alpha value is -1.26. The van der Waals surface area contributed by atoms with Gasteiger partial charge in [0.15, 0.2) is 0 Å². The van der Waals surface area contributed by atoms with E-state index in [9.17, 15) is 8.78 Å². The van der Waals surface area contributed by atoms with Crippen LogP contribution in [0.25, 0.3) is 0 Å². The second-order valence-corrected chi connectivity index (χ2v) is 6.33. The number of nitrogens with one attached hydrogen (secondary N) is 1. The lowest BCUT2D eigenvalue weighted by Crippen LogP contribution is -2.22. The van der Waals surface area contributed by atoms with E-state index in [1.807, 2.05) is 0 Å². The van der Waals surface area contributed by atoms with Gasteiger partial charge in [-0.1, -0.05) is 22.0 Å². The molecule has 21 heavy (non-hydrogen) atoms. The lowest BCUT2D eigenvalue weighted by Gasteiger charge is -2.14. The van der Waals surface area contributed by atoms with Crippen molar-refractivity contribution in [2.45, 2.75) is 25.3 Å². The highest BCUT2D eigenvalue weighted by molar-refractivity contribution is 9.10. The van der Waals surface area contributed by atoms with Crippen molar-refractivity contribution in [1.29, 1.82) is 0 Å². The summed E-state index contributed by atoms with van der Waals surface area (Å²) in [5.74, 6) is -1.03.